The van der Waals surface area contributed by atoms with Crippen LogP contribution in [-0.2, 0) is 15.7 Å². The summed E-state index contributed by atoms with van der Waals surface area (Å²) in [4.78, 5) is 4.48. The van der Waals surface area contributed by atoms with E-state index in [-0.39, 0.29) is 30.7 Å². The van der Waals surface area contributed by atoms with E-state index in [1.54, 1.807) is 0 Å². The Kier molecular flexibility index (Phi) is 3.58. The maximum atomic E-state index is 6.02. The first-order valence-corrected chi connectivity index (χ1v) is 6.47. The first-order valence-electron chi connectivity index (χ1n) is 6.47. The van der Waals surface area contributed by atoms with Gasteiger partial charge in [0.05, 0.1) is 22.6 Å². The van der Waals surface area contributed by atoms with Crippen LogP contribution in [0.4, 0.5) is 5.69 Å². The summed E-state index contributed by atoms with van der Waals surface area (Å²) < 4.78 is 12.0. The van der Waals surface area contributed by atoms with Gasteiger partial charge < -0.3 is 14.6 Å². The van der Waals surface area contributed by atoms with E-state index in [4.69, 9.17) is 9.31 Å². The minimum atomic E-state index is -0.324. The van der Waals surface area contributed by atoms with Crippen LogP contribution in [0.1, 0.15) is 33.4 Å². The van der Waals surface area contributed by atoms with Gasteiger partial charge in [-0.25, -0.2) is 0 Å². The maximum absolute atomic E-state index is 6.02. The molecule has 104 valence electrons. The topological polar surface area (TPSA) is 43.4 Å². The second-order valence-corrected chi connectivity index (χ2v) is 6.03. The van der Waals surface area contributed by atoms with E-state index in [1.165, 1.54) is 0 Å². The van der Waals surface area contributed by atoms with Crippen molar-refractivity contribution in [3.05, 3.63) is 18.0 Å². The number of rotatable bonds is 1. The van der Waals surface area contributed by atoms with Crippen LogP contribution in [0.3, 0.4) is 0 Å². The molecule has 1 aromatic rings. The monoisotopic (exact) mass is 282 g/mol. The van der Waals surface area contributed by atoms with E-state index in [0.29, 0.717) is 0 Å². The fourth-order valence-electron chi connectivity index (χ4n) is 2.29. The highest BCUT2D eigenvalue weighted by Crippen LogP contribution is 2.36. The predicted molar refractivity (Wildman–Crippen MR) is 79.4 cm³/mol. The van der Waals surface area contributed by atoms with Crippen molar-refractivity contribution < 1.29 is 9.31 Å². The number of nitrogens with zero attached hydrogens (tertiary/aromatic N) is 1. The van der Waals surface area contributed by atoms with E-state index in [2.05, 4.69) is 44.1 Å². The normalized spacial score (nSPS) is 22.6. The molecule has 0 amide bonds. The zero-order chi connectivity index (χ0) is 13.0. The van der Waals surface area contributed by atoms with Crippen molar-refractivity contribution in [2.45, 2.75) is 45.3 Å². The average Bonchev–Trinajstić information content (AvgIpc) is 2.80. The third-order valence-electron chi connectivity index (χ3n) is 4.19. The zero-order valence-corrected chi connectivity index (χ0v) is 12.6. The van der Waals surface area contributed by atoms with E-state index in [0.717, 1.165) is 29.8 Å². The second kappa shape index (κ2) is 4.65. The Bertz CT molecular complexity index is 478. The number of aromatic nitrogens is 1. The summed E-state index contributed by atoms with van der Waals surface area (Å²) >= 11 is 0. The van der Waals surface area contributed by atoms with Gasteiger partial charge in [0.15, 0.2) is 0 Å². The van der Waals surface area contributed by atoms with Crippen LogP contribution in [-0.4, -0.2) is 29.8 Å². The van der Waals surface area contributed by atoms with E-state index in [1.807, 2.05) is 6.20 Å². The summed E-state index contributed by atoms with van der Waals surface area (Å²) in [6.07, 6.45) is 2.87. The van der Waals surface area contributed by atoms with E-state index in [9.17, 15) is 0 Å². The zero-order valence-electron chi connectivity index (χ0n) is 11.8. The van der Waals surface area contributed by atoms with Gasteiger partial charge >= 0.3 is 7.12 Å². The molecule has 1 N–H and O–H groups in total. The van der Waals surface area contributed by atoms with Gasteiger partial charge in [-0.15, -0.1) is 12.4 Å². The molecule has 0 unspecified atom stereocenters. The fourth-order valence-corrected chi connectivity index (χ4v) is 2.29. The number of fused-ring (bicyclic) bond motifs is 1. The van der Waals surface area contributed by atoms with Crippen LogP contribution in [0.25, 0.3) is 0 Å². The highest BCUT2D eigenvalue weighted by molar-refractivity contribution is 6.62. The summed E-state index contributed by atoms with van der Waals surface area (Å²) in [7, 11) is -0.324. The lowest BCUT2D eigenvalue weighted by atomic mass is 9.80. The molecule has 3 rings (SSSR count). The Morgan fingerprint density at radius 1 is 1.21 bits per heavy atom. The van der Waals surface area contributed by atoms with Crippen molar-refractivity contribution in [3.63, 3.8) is 0 Å². The molecule has 0 bridgehead atoms. The van der Waals surface area contributed by atoms with Gasteiger partial charge in [0, 0.05) is 24.6 Å². The van der Waals surface area contributed by atoms with Gasteiger partial charge in [0.1, 0.15) is 0 Å². The number of hydrogen-bond donors (Lipinski definition) is 1. The smallest absolute Gasteiger partial charge is 0.399 e. The van der Waals surface area contributed by atoms with E-state index >= 15 is 0 Å². The van der Waals surface area contributed by atoms with Gasteiger partial charge in [0.25, 0.3) is 0 Å². The van der Waals surface area contributed by atoms with Crippen molar-refractivity contribution in [1.29, 1.82) is 0 Å². The van der Waals surface area contributed by atoms with Crippen LogP contribution in [0, 0.1) is 0 Å². The molecule has 4 nitrogen and oxygen atoms in total. The van der Waals surface area contributed by atoms with Crippen LogP contribution in [0.15, 0.2) is 12.3 Å². The third kappa shape index (κ3) is 2.35. The summed E-state index contributed by atoms with van der Waals surface area (Å²) in [6.45, 7) is 9.21. The number of halogens is 1. The van der Waals surface area contributed by atoms with Gasteiger partial charge in [-0.3, -0.25) is 4.98 Å². The maximum Gasteiger partial charge on any atom is 0.496 e. The minimum Gasteiger partial charge on any atom is -0.399 e. The third-order valence-corrected chi connectivity index (χ3v) is 4.19. The molecule has 3 heterocycles. The highest BCUT2D eigenvalue weighted by Gasteiger charge is 2.51. The van der Waals surface area contributed by atoms with Crippen LogP contribution < -0.4 is 10.8 Å². The molecule has 0 aliphatic carbocycles. The molecule has 0 spiro atoms. The summed E-state index contributed by atoms with van der Waals surface area (Å²) in [6, 6.07) is 2.09. The van der Waals surface area contributed by atoms with Gasteiger partial charge in [-0.2, -0.15) is 0 Å². The summed E-state index contributed by atoms with van der Waals surface area (Å²) in [5.74, 6) is 0. The Hall–Kier alpha value is -0.775. The van der Waals surface area contributed by atoms with Crippen molar-refractivity contribution in [2.75, 3.05) is 11.9 Å². The average molecular weight is 283 g/mol. The molecular weight excluding hydrogens is 262 g/mol. The number of pyridine rings is 1. The van der Waals surface area contributed by atoms with E-state index < -0.39 is 0 Å². The van der Waals surface area contributed by atoms with Gasteiger partial charge in [0.2, 0.25) is 0 Å². The first kappa shape index (κ1) is 14.6. The van der Waals surface area contributed by atoms with Crippen molar-refractivity contribution in [1.82, 2.24) is 4.98 Å². The largest absolute Gasteiger partial charge is 0.496 e. The van der Waals surface area contributed by atoms with Gasteiger partial charge in [-0.1, -0.05) is 0 Å². The van der Waals surface area contributed by atoms with Crippen molar-refractivity contribution >= 4 is 30.7 Å². The second-order valence-electron chi connectivity index (χ2n) is 6.03. The first-order chi connectivity index (χ1) is 8.39. The summed E-state index contributed by atoms with van der Waals surface area (Å²) in [5.41, 5.74) is 2.63. The summed E-state index contributed by atoms with van der Waals surface area (Å²) in [5, 5.41) is 3.33. The number of nitrogens with one attached hydrogen (secondary N) is 1. The van der Waals surface area contributed by atoms with Crippen molar-refractivity contribution in [2.24, 2.45) is 0 Å². The Morgan fingerprint density at radius 3 is 2.47 bits per heavy atom. The Labute approximate surface area is 120 Å². The van der Waals surface area contributed by atoms with Crippen LogP contribution in [0.5, 0.6) is 0 Å². The molecule has 2 aliphatic heterocycles. The lowest BCUT2D eigenvalue weighted by molar-refractivity contribution is 0.00578. The molecule has 2 aliphatic rings. The molecule has 0 atom stereocenters. The quantitative estimate of drug-likeness (QED) is 0.797. The minimum absolute atomic E-state index is 0. The van der Waals surface area contributed by atoms with Crippen molar-refractivity contribution in [3.8, 4) is 0 Å². The molecule has 6 heteroatoms. The van der Waals surface area contributed by atoms with Gasteiger partial charge in [-0.05, 0) is 33.8 Å². The molecule has 0 radical (unpaired) electrons. The molecule has 0 aromatic carbocycles. The molecule has 1 fully saturated rings. The molecule has 1 saturated heterocycles. The lowest BCUT2D eigenvalue weighted by Gasteiger charge is -2.32. The molecule has 0 saturated carbocycles. The fraction of sp³-hybridized carbons (Fsp3) is 0.615. The van der Waals surface area contributed by atoms with Crippen LogP contribution >= 0.6 is 12.4 Å². The standard InChI is InChI=1S/C13H19BN2O2.ClH/c1-12(2)13(3,4)18-14(17-12)9-7-11-10(16-8-9)5-6-15-11;/h7-8,15H,5-6H2,1-4H3;1H. The lowest BCUT2D eigenvalue weighted by Crippen LogP contribution is -2.41. The highest BCUT2D eigenvalue weighted by atomic mass is 35.5. The Morgan fingerprint density at radius 2 is 1.84 bits per heavy atom. The molecule has 19 heavy (non-hydrogen) atoms. The predicted octanol–water partition coefficient (Wildman–Crippen LogP) is 1.77. The molecule has 1 aromatic heterocycles. The molecular formula is C13H20BClN2O2. The number of anilines is 1. The Balaban J connectivity index is 0.00000133. The van der Waals surface area contributed by atoms with Crippen LogP contribution in [0.2, 0.25) is 0 Å². The SMILES string of the molecule is CC1(C)OB(c2cnc3c(c2)NCC3)OC1(C)C.Cl. The number of hydrogen-bond acceptors (Lipinski definition) is 4.